The molecule has 2 aromatic carbocycles. The number of nitrogens with one attached hydrogen (secondary N) is 1. The van der Waals surface area contributed by atoms with Gasteiger partial charge in [0.15, 0.2) is 0 Å². The van der Waals surface area contributed by atoms with Gasteiger partial charge in [0.05, 0.1) is 6.04 Å². The van der Waals surface area contributed by atoms with Crippen molar-refractivity contribution in [3.05, 3.63) is 69.2 Å². The Kier molecular flexibility index (Phi) is 4.28. The topological polar surface area (TPSA) is 12.0 Å². The largest absolute Gasteiger partial charge is 0.309 e. The summed E-state index contributed by atoms with van der Waals surface area (Å²) in [4.78, 5) is 0. The maximum atomic E-state index is 6.05. The van der Waals surface area contributed by atoms with Crippen LogP contribution >= 0.6 is 23.2 Å². The fourth-order valence-corrected chi connectivity index (χ4v) is 2.57. The van der Waals surface area contributed by atoms with Crippen LogP contribution in [0.5, 0.6) is 0 Å². The van der Waals surface area contributed by atoms with E-state index in [9.17, 15) is 0 Å². The summed E-state index contributed by atoms with van der Waals surface area (Å²) in [5.41, 5.74) is 3.51. The molecule has 0 aliphatic heterocycles. The zero-order chi connectivity index (χ0) is 13.1. The zero-order valence-corrected chi connectivity index (χ0v) is 11.9. The quantitative estimate of drug-likeness (QED) is 0.865. The molecule has 0 aliphatic carbocycles. The van der Waals surface area contributed by atoms with Gasteiger partial charge in [-0.25, -0.2) is 0 Å². The minimum absolute atomic E-state index is 0.0989. The van der Waals surface area contributed by atoms with Gasteiger partial charge in [0.1, 0.15) is 0 Å². The standard InChI is InChI=1S/C15H15Cl2N/c1-10-3-5-11(6-4-10)15(18-2)12-7-13(16)9-14(17)8-12/h3-9,15,18H,1-2H3. The van der Waals surface area contributed by atoms with Crippen LogP contribution in [0.3, 0.4) is 0 Å². The van der Waals surface area contributed by atoms with E-state index in [0.717, 1.165) is 5.56 Å². The third-order valence-electron chi connectivity index (χ3n) is 2.92. The highest BCUT2D eigenvalue weighted by Crippen LogP contribution is 2.27. The molecule has 1 atom stereocenters. The first-order valence-electron chi connectivity index (χ1n) is 5.80. The molecule has 3 heteroatoms. The van der Waals surface area contributed by atoms with Crippen LogP contribution in [0, 0.1) is 6.92 Å². The first kappa shape index (κ1) is 13.4. The lowest BCUT2D eigenvalue weighted by Gasteiger charge is -2.18. The summed E-state index contributed by atoms with van der Waals surface area (Å²) < 4.78 is 0. The molecule has 1 unspecified atom stereocenters. The number of benzene rings is 2. The monoisotopic (exact) mass is 279 g/mol. The molecule has 0 fully saturated rings. The predicted octanol–water partition coefficient (Wildman–Crippen LogP) is 4.61. The second kappa shape index (κ2) is 5.75. The van der Waals surface area contributed by atoms with Gasteiger partial charge in [0, 0.05) is 10.0 Å². The Morgan fingerprint density at radius 1 is 0.889 bits per heavy atom. The van der Waals surface area contributed by atoms with Crippen molar-refractivity contribution in [2.75, 3.05) is 7.05 Å². The van der Waals surface area contributed by atoms with E-state index >= 15 is 0 Å². The third kappa shape index (κ3) is 3.05. The summed E-state index contributed by atoms with van der Waals surface area (Å²) in [5, 5.41) is 4.61. The molecular formula is C15H15Cl2N. The minimum Gasteiger partial charge on any atom is -0.309 e. The molecule has 0 heterocycles. The van der Waals surface area contributed by atoms with Gasteiger partial charge in [-0.2, -0.15) is 0 Å². The van der Waals surface area contributed by atoms with Crippen LogP contribution < -0.4 is 5.32 Å². The van der Waals surface area contributed by atoms with Crippen molar-refractivity contribution in [3.8, 4) is 0 Å². The number of halogens is 2. The molecule has 0 spiro atoms. The summed E-state index contributed by atoms with van der Waals surface area (Å²) in [6.45, 7) is 2.08. The van der Waals surface area contributed by atoms with E-state index in [2.05, 4.69) is 36.5 Å². The predicted molar refractivity (Wildman–Crippen MR) is 78.5 cm³/mol. The molecule has 0 saturated heterocycles. The smallest absolute Gasteiger partial charge is 0.0575 e. The second-order valence-electron chi connectivity index (χ2n) is 4.34. The molecule has 0 radical (unpaired) electrons. The molecule has 94 valence electrons. The summed E-state index contributed by atoms with van der Waals surface area (Å²) in [6, 6.07) is 14.2. The number of hydrogen-bond acceptors (Lipinski definition) is 1. The number of aryl methyl sites for hydroxylation is 1. The first-order valence-corrected chi connectivity index (χ1v) is 6.55. The molecule has 0 amide bonds. The van der Waals surface area contributed by atoms with E-state index < -0.39 is 0 Å². The Balaban J connectivity index is 2.41. The Morgan fingerprint density at radius 3 is 1.94 bits per heavy atom. The Morgan fingerprint density at radius 2 is 1.44 bits per heavy atom. The summed E-state index contributed by atoms with van der Waals surface area (Å²) in [5.74, 6) is 0. The summed E-state index contributed by atoms with van der Waals surface area (Å²) in [6.07, 6.45) is 0. The molecule has 1 N–H and O–H groups in total. The van der Waals surface area contributed by atoms with E-state index in [1.165, 1.54) is 11.1 Å². The molecule has 0 aliphatic rings. The third-order valence-corrected chi connectivity index (χ3v) is 3.35. The van der Waals surface area contributed by atoms with Gasteiger partial charge in [-0.05, 0) is 43.3 Å². The average molecular weight is 280 g/mol. The average Bonchev–Trinajstić information content (AvgIpc) is 2.31. The van der Waals surface area contributed by atoms with Gasteiger partial charge in [-0.3, -0.25) is 0 Å². The normalized spacial score (nSPS) is 12.4. The van der Waals surface area contributed by atoms with Crippen LogP contribution in [-0.4, -0.2) is 7.05 Å². The SMILES string of the molecule is CNC(c1ccc(C)cc1)c1cc(Cl)cc(Cl)c1. The highest BCUT2D eigenvalue weighted by Gasteiger charge is 2.12. The lowest BCUT2D eigenvalue weighted by Crippen LogP contribution is -2.17. The second-order valence-corrected chi connectivity index (χ2v) is 5.21. The van der Waals surface area contributed by atoms with Crippen LogP contribution in [-0.2, 0) is 0 Å². The van der Waals surface area contributed by atoms with E-state index in [1.54, 1.807) is 6.07 Å². The van der Waals surface area contributed by atoms with Crippen LogP contribution in [0.2, 0.25) is 10.0 Å². The van der Waals surface area contributed by atoms with Gasteiger partial charge >= 0.3 is 0 Å². The fourth-order valence-electron chi connectivity index (χ4n) is 2.03. The molecule has 2 aromatic rings. The highest BCUT2D eigenvalue weighted by atomic mass is 35.5. The minimum atomic E-state index is 0.0989. The maximum absolute atomic E-state index is 6.05. The molecule has 0 bridgehead atoms. The van der Waals surface area contributed by atoms with E-state index in [1.807, 2.05) is 19.2 Å². The lowest BCUT2D eigenvalue weighted by atomic mass is 9.98. The van der Waals surface area contributed by atoms with Crippen LogP contribution in [0.25, 0.3) is 0 Å². The van der Waals surface area contributed by atoms with Gasteiger partial charge in [0.25, 0.3) is 0 Å². The molecular weight excluding hydrogens is 265 g/mol. The molecule has 0 saturated carbocycles. The maximum Gasteiger partial charge on any atom is 0.0575 e. The zero-order valence-electron chi connectivity index (χ0n) is 10.4. The van der Waals surface area contributed by atoms with Crippen molar-refractivity contribution in [3.63, 3.8) is 0 Å². The van der Waals surface area contributed by atoms with E-state index in [-0.39, 0.29) is 6.04 Å². The Bertz CT molecular complexity index is 514. The highest BCUT2D eigenvalue weighted by molar-refractivity contribution is 6.34. The van der Waals surface area contributed by atoms with Gasteiger partial charge in [0.2, 0.25) is 0 Å². The molecule has 0 aromatic heterocycles. The van der Waals surface area contributed by atoms with Crippen molar-refractivity contribution in [1.82, 2.24) is 5.32 Å². The van der Waals surface area contributed by atoms with Crippen molar-refractivity contribution >= 4 is 23.2 Å². The number of rotatable bonds is 3. The van der Waals surface area contributed by atoms with E-state index in [0.29, 0.717) is 10.0 Å². The van der Waals surface area contributed by atoms with Gasteiger partial charge in [-0.1, -0.05) is 53.0 Å². The number of hydrogen-bond donors (Lipinski definition) is 1. The van der Waals surface area contributed by atoms with Crippen molar-refractivity contribution in [1.29, 1.82) is 0 Å². The van der Waals surface area contributed by atoms with Crippen LogP contribution in [0.15, 0.2) is 42.5 Å². The van der Waals surface area contributed by atoms with Crippen molar-refractivity contribution < 1.29 is 0 Å². The van der Waals surface area contributed by atoms with Crippen LogP contribution in [0.1, 0.15) is 22.7 Å². The molecule has 1 nitrogen and oxygen atoms in total. The Labute approximate surface area is 118 Å². The van der Waals surface area contributed by atoms with Crippen molar-refractivity contribution in [2.45, 2.75) is 13.0 Å². The molecule has 2 rings (SSSR count). The lowest BCUT2D eigenvalue weighted by molar-refractivity contribution is 0.692. The van der Waals surface area contributed by atoms with Crippen molar-refractivity contribution in [2.24, 2.45) is 0 Å². The van der Waals surface area contributed by atoms with Gasteiger partial charge in [-0.15, -0.1) is 0 Å². The molecule has 18 heavy (non-hydrogen) atoms. The fraction of sp³-hybridized carbons (Fsp3) is 0.200. The van der Waals surface area contributed by atoms with Gasteiger partial charge < -0.3 is 5.32 Å². The van der Waals surface area contributed by atoms with Crippen LogP contribution in [0.4, 0.5) is 0 Å². The Hall–Kier alpha value is -1.02. The van der Waals surface area contributed by atoms with E-state index in [4.69, 9.17) is 23.2 Å². The summed E-state index contributed by atoms with van der Waals surface area (Å²) >= 11 is 12.1. The summed E-state index contributed by atoms with van der Waals surface area (Å²) in [7, 11) is 1.93. The first-order chi connectivity index (χ1) is 8.60.